The molecule has 1 amide bonds. The topological polar surface area (TPSA) is 29.1 Å². The van der Waals surface area contributed by atoms with Gasteiger partial charge in [0.15, 0.2) is 0 Å². The van der Waals surface area contributed by atoms with Gasteiger partial charge in [0.1, 0.15) is 0 Å². The number of hydrogen-bond acceptors (Lipinski definition) is 1. The molecule has 0 heterocycles. The molecule has 2 aromatic rings. The molecule has 2 heteroatoms. The van der Waals surface area contributed by atoms with Crippen molar-refractivity contribution in [2.45, 2.75) is 49.0 Å². The highest BCUT2D eigenvalue weighted by molar-refractivity contribution is 5.88. The van der Waals surface area contributed by atoms with Gasteiger partial charge in [0.2, 0.25) is 5.91 Å². The average molecular weight is 303 g/mol. The van der Waals surface area contributed by atoms with Gasteiger partial charge in [0, 0.05) is 12.6 Å². The van der Waals surface area contributed by atoms with Crippen LogP contribution in [0, 0.1) is 0 Å². The fourth-order valence-electron chi connectivity index (χ4n) is 1.54. The number of carbonyl (C=O) groups excluding carboxylic acids is 1. The van der Waals surface area contributed by atoms with Gasteiger partial charge in [-0.2, -0.15) is 0 Å². The first-order valence-corrected chi connectivity index (χ1v) is 6.47. The highest BCUT2D eigenvalue weighted by Crippen LogP contribution is 2.16. The van der Waals surface area contributed by atoms with Gasteiger partial charge in [-0.25, -0.2) is 0 Å². The summed E-state index contributed by atoms with van der Waals surface area (Å²) in [5, 5.41) is 2.73. The summed E-state index contributed by atoms with van der Waals surface area (Å²) in [5.74, 6) is 0.503. The third-order valence-corrected chi connectivity index (χ3v) is 2.56. The highest BCUT2D eigenvalue weighted by Gasteiger charge is 1.99. The molecule has 0 bridgehead atoms. The lowest BCUT2D eigenvalue weighted by molar-refractivity contribution is -0.114. The van der Waals surface area contributed by atoms with E-state index in [9.17, 15) is 4.79 Å². The Hall–Kier alpha value is -2.09. The zero-order valence-electron chi connectivity index (χ0n) is 11.8. The molecule has 1 N–H and O–H groups in total. The van der Waals surface area contributed by atoms with Crippen LogP contribution in [0.1, 0.15) is 54.5 Å². The first-order chi connectivity index (χ1) is 9.09. The maximum atomic E-state index is 10.7. The zero-order chi connectivity index (χ0) is 14.1. The Morgan fingerprint density at radius 1 is 0.818 bits per heavy atom. The molecule has 2 rings (SSSR count). The Labute approximate surface area is 137 Å². The highest BCUT2D eigenvalue weighted by atomic mass is 16.1. The van der Waals surface area contributed by atoms with Crippen LogP contribution in [0.5, 0.6) is 0 Å². The van der Waals surface area contributed by atoms with Crippen LogP contribution in [0.3, 0.4) is 0 Å². The van der Waals surface area contributed by atoms with Gasteiger partial charge in [-0.15, -0.1) is 0 Å². The van der Waals surface area contributed by atoms with E-state index in [0.717, 1.165) is 5.69 Å². The molecule has 0 unspecified atom stereocenters. The number of carbonyl (C=O) groups is 1. The van der Waals surface area contributed by atoms with Gasteiger partial charge >= 0.3 is 0 Å². The van der Waals surface area contributed by atoms with Crippen LogP contribution in [0.4, 0.5) is 5.69 Å². The summed E-state index contributed by atoms with van der Waals surface area (Å²) in [5.41, 5.74) is 2.14. The van der Waals surface area contributed by atoms with E-state index in [1.165, 1.54) is 12.5 Å². The Bertz CT molecular complexity index is 448. The number of benzene rings is 2. The first-order valence-electron chi connectivity index (χ1n) is 6.47. The molecule has 124 valence electrons. The SMILES string of the molecule is C.C.C.CC(=O)Nc1ccc(C(C)C)cc1.c1ccccc1. The third kappa shape index (κ3) is 10.7. The van der Waals surface area contributed by atoms with Crippen molar-refractivity contribution in [3.05, 3.63) is 66.2 Å². The summed E-state index contributed by atoms with van der Waals surface area (Å²) in [6.07, 6.45) is 0. The fourth-order valence-corrected chi connectivity index (χ4v) is 1.54. The van der Waals surface area contributed by atoms with Crippen LogP contribution >= 0.6 is 0 Å². The quantitative estimate of drug-likeness (QED) is 0.686. The molecular weight excluding hydrogens is 270 g/mol. The fraction of sp³-hybridized carbons (Fsp3) is 0.350. The van der Waals surface area contributed by atoms with E-state index in [1.54, 1.807) is 0 Å². The minimum absolute atomic E-state index is 0. The van der Waals surface area contributed by atoms with Gasteiger partial charge in [-0.1, -0.05) is 84.7 Å². The van der Waals surface area contributed by atoms with E-state index < -0.39 is 0 Å². The molecule has 0 spiro atoms. The molecule has 0 aliphatic rings. The van der Waals surface area contributed by atoms with Gasteiger partial charge < -0.3 is 5.32 Å². The Morgan fingerprint density at radius 3 is 1.45 bits per heavy atom. The van der Waals surface area contributed by atoms with Crippen molar-refractivity contribution in [3.8, 4) is 0 Å². The first kappa shape index (κ1) is 24.9. The second-order valence-corrected chi connectivity index (χ2v) is 4.61. The molecule has 0 aromatic heterocycles. The molecule has 0 saturated heterocycles. The maximum absolute atomic E-state index is 10.7. The molecular formula is C20H33NO. The van der Waals surface area contributed by atoms with Crippen molar-refractivity contribution in [2.24, 2.45) is 0 Å². The molecule has 0 fully saturated rings. The van der Waals surface area contributed by atoms with Gasteiger partial charge in [-0.05, 0) is 23.6 Å². The van der Waals surface area contributed by atoms with Crippen LogP contribution in [-0.4, -0.2) is 5.91 Å². The van der Waals surface area contributed by atoms with Crippen molar-refractivity contribution in [1.29, 1.82) is 0 Å². The molecule has 0 atom stereocenters. The van der Waals surface area contributed by atoms with E-state index in [1.807, 2.05) is 60.7 Å². The Kier molecular flexibility index (Phi) is 15.7. The van der Waals surface area contributed by atoms with Crippen LogP contribution in [0.15, 0.2) is 60.7 Å². The summed E-state index contributed by atoms with van der Waals surface area (Å²) < 4.78 is 0. The lowest BCUT2D eigenvalue weighted by atomic mass is 10.0. The second-order valence-electron chi connectivity index (χ2n) is 4.61. The van der Waals surface area contributed by atoms with Crippen molar-refractivity contribution in [1.82, 2.24) is 0 Å². The summed E-state index contributed by atoms with van der Waals surface area (Å²) >= 11 is 0. The average Bonchev–Trinajstić information content (AvgIpc) is 2.41. The van der Waals surface area contributed by atoms with Crippen LogP contribution in [-0.2, 0) is 4.79 Å². The lowest BCUT2D eigenvalue weighted by Crippen LogP contribution is -2.05. The molecule has 0 aliphatic carbocycles. The number of amides is 1. The zero-order valence-corrected chi connectivity index (χ0v) is 11.8. The van der Waals surface area contributed by atoms with Crippen LogP contribution in [0.25, 0.3) is 0 Å². The number of nitrogens with one attached hydrogen (secondary N) is 1. The Balaban J connectivity index is -0.000000346. The molecule has 0 aliphatic heterocycles. The van der Waals surface area contributed by atoms with E-state index >= 15 is 0 Å². The van der Waals surface area contributed by atoms with Gasteiger partial charge in [0.05, 0.1) is 0 Å². The largest absolute Gasteiger partial charge is 0.326 e. The maximum Gasteiger partial charge on any atom is 0.221 e. The standard InChI is InChI=1S/C11H15NO.C6H6.3CH4/c1-8(2)10-4-6-11(7-5-10)12-9(3)13;1-2-4-6-5-3-1;;;/h4-8H,1-3H3,(H,12,13);1-6H;3*1H4. The van der Waals surface area contributed by atoms with E-state index in [0.29, 0.717) is 5.92 Å². The van der Waals surface area contributed by atoms with Crippen molar-refractivity contribution in [2.75, 3.05) is 5.32 Å². The van der Waals surface area contributed by atoms with Crippen LogP contribution in [0.2, 0.25) is 0 Å². The number of rotatable bonds is 2. The minimum atomic E-state index is -0.0303. The van der Waals surface area contributed by atoms with Crippen molar-refractivity contribution < 1.29 is 4.79 Å². The van der Waals surface area contributed by atoms with Crippen molar-refractivity contribution in [3.63, 3.8) is 0 Å². The molecule has 0 saturated carbocycles. The van der Waals surface area contributed by atoms with E-state index in [-0.39, 0.29) is 28.2 Å². The third-order valence-electron chi connectivity index (χ3n) is 2.56. The van der Waals surface area contributed by atoms with Crippen LogP contribution < -0.4 is 5.32 Å². The van der Waals surface area contributed by atoms with Gasteiger partial charge in [-0.3, -0.25) is 4.79 Å². The smallest absolute Gasteiger partial charge is 0.221 e. The monoisotopic (exact) mass is 303 g/mol. The van der Waals surface area contributed by atoms with Crippen molar-refractivity contribution >= 4 is 11.6 Å². The number of hydrogen-bond donors (Lipinski definition) is 1. The summed E-state index contributed by atoms with van der Waals surface area (Å²) in [6, 6.07) is 19.9. The Morgan fingerprint density at radius 2 is 1.18 bits per heavy atom. The predicted molar refractivity (Wildman–Crippen MR) is 101 cm³/mol. The normalized spacial score (nSPS) is 8.18. The van der Waals surface area contributed by atoms with Gasteiger partial charge in [0.25, 0.3) is 0 Å². The molecule has 0 radical (unpaired) electrons. The summed E-state index contributed by atoms with van der Waals surface area (Å²) in [6.45, 7) is 5.80. The second kappa shape index (κ2) is 13.9. The summed E-state index contributed by atoms with van der Waals surface area (Å²) in [7, 11) is 0. The molecule has 2 nitrogen and oxygen atoms in total. The van der Waals surface area contributed by atoms with E-state index in [4.69, 9.17) is 0 Å². The minimum Gasteiger partial charge on any atom is -0.326 e. The number of anilines is 1. The van der Waals surface area contributed by atoms with E-state index in [2.05, 4.69) is 19.2 Å². The lowest BCUT2D eigenvalue weighted by Gasteiger charge is -2.06. The molecule has 2 aromatic carbocycles. The predicted octanol–water partition coefficient (Wildman–Crippen LogP) is 6.36. The molecule has 22 heavy (non-hydrogen) atoms. The summed E-state index contributed by atoms with van der Waals surface area (Å²) in [4.78, 5) is 10.7.